The van der Waals surface area contributed by atoms with Crippen LogP contribution < -0.4 is 5.32 Å². The molecule has 6 nitrogen and oxygen atoms in total. The van der Waals surface area contributed by atoms with Crippen LogP contribution in [0.3, 0.4) is 0 Å². The van der Waals surface area contributed by atoms with Crippen molar-refractivity contribution in [3.63, 3.8) is 0 Å². The predicted molar refractivity (Wildman–Crippen MR) is 96.3 cm³/mol. The molecule has 0 atom stereocenters. The van der Waals surface area contributed by atoms with E-state index in [0.717, 1.165) is 18.4 Å². The number of nitro benzene ring substituents is 1. The minimum absolute atomic E-state index is 0.0202. The van der Waals surface area contributed by atoms with Gasteiger partial charge in [0.05, 0.1) is 22.7 Å². The van der Waals surface area contributed by atoms with Crippen LogP contribution in [-0.2, 0) is 11.3 Å². The maximum Gasteiger partial charge on any atom is 0.274 e. The summed E-state index contributed by atoms with van der Waals surface area (Å²) in [5.74, 6) is -0.506. The molecule has 0 aliphatic heterocycles. The highest BCUT2D eigenvalue weighted by Crippen LogP contribution is 2.29. The lowest BCUT2D eigenvalue weighted by Crippen LogP contribution is -2.34. The maximum atomic E-state index is 13.0. The molecule has 0 saturated heterocycles. The molecular weight excluding hydrogens is 337 g/mol. The second-order valence-corrected chi connectivity index (χ2v) is 6.52. The molecule has 26 heavy (non-hydrogen) atoms. The standard InChI is InChI=1S/C19H20FN3O3/c1-13-17(3-2-4-18(13)23(25)26)21-19(24)12-22(16-9-10-16)11-14-5-7-15(20)8-6-14/h2-8,16H,9-12H2,1H3,(H,21,24). The second-order valence-electron chi connectivity index (χ2n) is 6.52. The first-order chi connectivity index (χ1) is 12.4. The fraction of sp³-hybridized carbons (Fsp3) is 0.316. The van der Waals surface area contributed by atoms with Gasteiger partial charge < -0.3 is 5.32 Å². The fourth-order valence-electron chi connectivity index (χ4n) is 2.91. The van der Waals surface area contributed by atoms with Crippen LogP contribution in [0.1, 0.15) is 24.0 Å². The molecule has 3 rings (SSSR count). The summed E-state index contributed by atoms with van der Waals surface area (Å²) in [6, 6.07) is 11.2. The summed E-state index contributed by atoms with van der Waals surface area (Å²) in [4.78, 5) is 25.1. The Hall–Kier alpha value is -2.80. The minimum Gasteiger partial charge on any atom is -0.324 e. The van der Waals surface area contributed by atoms with Gasteiger partial charge in [0, 0.05) is 18.7 Å². The van der Waals surface area contributed by atoms with Crippen molar-refractivity contribution in [3.05, 3.63) is 69.5 Å². The molecule has 1 aliphatic rings. The van der Waals surface area contributed by atoms with Crippen molar-refractivity contribution in [2.45, 2.75) is 32.4 Å². The third kappa shape index (κ3) is 4.43. The van der Waals surface area contributed by atoms with Crippen molar-refractivity contribution in [1.29, 1.82) is 0 Å². The highest BCUT2D eigenvalue weighted by Gasteiger charge is 2.30. The molecule has 2 aromatic carbocycles. The number of amides is 1. The molecule has 7 heteroatoms. The van der Waals surface area contributed by atoms with E-state index in [2.05, 4.69) is 10.2 Å². The fourth-order valence-corrected chi connectivity index (χ4v) is 2.91. The molecular formula is C19H20FN3O3. The molecule has 1 aliphatic carbocycles. The minimum atomic E-state index is -0.462. The van der Waals surface area contributed by atoms with Gasteiger partial charge in [-0.05, 0) is 43.5 Å². The van der Waals surface area contributed by atoms with Crippen LogP contribution >= 0.6 is 0 Å². The molecule has 1 N–H and O–H groups in total. The molecule has 1 saturated carbocycles. The van der Waals surface area contributed by atoms with Gasteiger partial charge in [-0.2, -0.15) is 0 Å². The van der Waals surface area contributed by atoms with Gasteiger partial charge in [0.25, 0.3) is 5.69 Å². The lowest BCUT2D eigenvalue weighted by Gasteiger charge is -2.21. The van der Waals surface area contributed by atoms with Crippen molar-refractivity contribution >= 4 is 17.3 Å². The number of nitrogens with zero attached hydrogens (tertiary/aromatic N) is 2. The van der Waals surface area contributed by atoms with E-state index in [-0.39, 0.29) is 24.0 Å². The third-order valence-corrected chi connectivity index (χ3v) is 4.48. The van der Waals surface area contributed by atoms with Gasteiger partial charge in [0.1, 0.15) is 5.82 Å². The van der Waals surface area contributed by atoms with E-state index in [0.29, 0.717) is 23.8 Å². The Morgan fingerprint density at radius 3 is 2.58 bits per heavy atom. The molecule has 1 fully saturated rings. The van der Waals surface area contributed by atoms with E-state index in [1.807, 2.05) is 0 Å². The molecule has 0 aromatic heterocycles. The smallest absolute Gasteiger partial charge is 0.274 e. The Morgan fingerprint density at radius 2 is 1.96 bits per heavy atom. The van der Waals surface area contributed by atoms with Crippen LogP contribution in [-0.4, -0.2) is 28.3 Å². The summed E-state index contributed by atoms with van der Waals surface area (Å²) in [6.45, 7) is 2.36. The number of anilines is 1. The van der Waals surface area contributed by atoms with E-state index >= 15 is 0 Å². The largest absolute Gasteiger partial charge is 0.324 e. The number of nitrogens with one attached hydrogen (secondary N) is 1. The number of benzene rings is 2. The number of nitro groups is 1. The van der Waals surface area contributed by atoms with Crippen molar-refractivity contribution in [2.24, 2.45) is 0 Å². The summed E-state index contributed by atoms with van der Waals surface area (Å²) in [7, 11) is 0. The topological polar surface area (TPSA) is 75.5 Å². The van der Waals surface area contributed by atoms with Crippen molar-refractivity contribution < 1.29 is 14.1 Å². The van der Waals surface area contributed by atoms with Gasteiger partial charge >= 0.3 is 0 Å². The lowest BCUT2D eigenvalue weighted by molar-refractivity contribution is -0.385. The van der Waals surface area contributed by atoms with E-state index in [1.165, 1.54) is 18.2 Å². The predicted octanol–water partition coefficient (Wildman–Crippen LogP) is 3.65. The zero-order chi connectivity index (χ0) is 18.7. The zero-order valence-corrected chi connectivity index (χ0v) is 14.4. The van der Waals surface area contributed by atoms with Gasteiger partial charge in [-0.3, -0.25) is 19.8 Å². The van der Waals surface area contributed by atoms with Crippen molar-refractivity contribution in [2.75, 3.05) is 11.9 Å². The van der Waals surface area contributed by atoms with Crippen LogP contribution in [0.25, 0.3) is 0 Å². The number of halogens is 1. The first kappa shape index (κ1) is 18.0. The van der Waals surface area contributed by atoms with E-state index in [9.17, 15) is 19.3 Å². The normalized spacial score (nSPS) is 13.7. The Kier molecular flexibility index (Phi) is 5.27. The highest BCUT2D eigenvalue weighted by molar-refractivity contribution is 5.93. The molecule has 2 aromatic rings. The number of carbonyl (C=O) groups is 1. The van der Waals surface area contributed by atoms with Crippen molar-refractivity contribution in [1.82, 2.24) is 4.90 Å². The molecule has 0 unspecified atom stereocenters. The first-order valence-corrected chi connectivity index (χ1v) is 8.46. The van der Waals surface area contributed by atoms with Gasteiger partial charge in [-0.1, -0.05) is 18.2 Å². The van der Waals surface area contributed by atoms with Crippen LogP contribution in [0.5, 0.6) is 0 Å². The van der Waals surface area contributed by atoms with Crippen LogP contribution in [0.15, 0.2) is 42.5 Å². The average molecular weight is 357 g/mol. The first-order valence-electron chi connectivity index (χ1n) is 8.46. The lowest BCUT2D eigenvalue weighted by atomic mass is 10.1. The summed E-state index contributed by atoms with van der Waals surface area (Å²) in [5.41, 5.74) is 1.80. The summed E-state index contributed by atoms with van der Waals surface area (Å²) in [6.07, 6.45) is 2.06. The second kappa shape index (κ2) is 7.61. The van der Waals surface area contributed by atoms with Crippen LogP contribution in [0, 0.1) is 22.9 Å². The molecule has 136 valence electrons. The Balaban J connectivity index is 1.66. The number of hydrogen-bond donors (Lipinski definition) is 1. The van der Waals surface area contributed by atoms with Crippen LogP contribution in [0.4, 0.5) is 15.8 Å². The highest BCUT2D eigenvalue weighted by atomic mass is 19.1. The molecule has 0 bridgehead atoms. The van der Waals surface area contributed by atoms with Gasteiger partial charge in [0.2, 0.25) is 5.91 Å². The van der Waals surface area contributed by atoms with E-state index in [1.54, 1.807) is 31.2 Å². The van der Waals surface area contributed by atoms with E-state index < -0.39 is 4.92 Å². The Labute approximate surface area is 150 Å². The molecule has 0 radical (unpaired) electrons. The van der Waals surface area contributed by atoms with Gasteiger partial charge in [0.15, 0.2) is 0 Å². The summed E-state index contributed by atoms with van der Waals surface area (Å²) >= 11 is 0. The molecule has 0 heterocycles. The Bertz CT molecular complexity index is 819. The number of carbonyl (C=O) groups excluding carboxylic acids is 1. The monoisotopic (exact) mass is 357 g/mol. The Morgan fingerprint density at radius 1 is 1.27 bits per heavy atom. The quantitative estimate of drug-likeness (QED) is 0.606. The van der Waals surface area contributed by atoms with E-state index in [4.69, 9.17) is 0 Å². The SMILES string of the molecule is Cc1c(NC(=O)CN(Cc2ccc(F)cc2)C2CC2)cccc1[N+](=O)[O-]. The zero-order valence-electron chi connectivity index (χ0n) is 14.4. The molecule has 1 amide bonds. The number of hydrogen-bond acceptors (Lipinski definition) is 4. The number of rotatable bonds is 7. The van der Waals surface area contributed by atoms with Gasteiger partial charge in [-0.25, -0.2) is 4.39 Å². The molecule has 0 spiro atoms. The van der Waals surface area contributed by atoms with Crippen molar-refractivity contribution in [3.8, 4) is 0 Å². The maximum absolute atomic E-state index is 13.0. The van der Waals surface area contributed by atoms with Gasteiger partial charge in [-0.15, -0.1) is 0 Å². The van der Waals surface area contributed by atoms with Crippen LogP contribution in [0.2, 0.25) is 0 Å². The average Bonchev–Trinajstić information content (AvgIpc) is 3.43. The summed E-state index contributed by atoms with van der Waals surface area (Å²) < 4.78 is 13.0. The summed E-state index contributed by atoms with van der Waals surface area (Å²) in [5, 5.41) is 13.8. The third-order valence-electron chi connectivity index (χ3n) is 4.48.